The lowest BCUT2D eigenvalue weighted by Gasteiger charge is -2.72. The first kappa shape index (κ1) is 29.6. The molecule has 5 aliphatic rings. The summed E-state index contributed by atoms with van der Waals surface area (Å²) in [6.07, 6.45) is 11.1. The fourth-order valence-electron chi connectivity index (χ4n) is 12.3. The number of carboxylic acid groups (broad SMARTS) is 1. The number of allylic oxidation sites excluding steroid dienone is 2. The topological polar surface area (TPSA) is 54.4 Å². The zero-order valence-electron chi connectivity index (χ0n) is 26.0. The number of carbonyl (C=O) groups excluding carboxylic acids is 1. The van der Waals surface area contributed by atoms with E-state index in [9.17, 15) is 14.7 Å². The number of benzene rings is 1. The van der Waals surface area contributed by atoms with E-state index in [1.807, 2.05) is 0 Å². The molecule has 5 aliphatic carbocycles. The highest BCUT2D eigenvalue weighted by atomic mass is 127. The van der Waals surface area contributed by atoms with Crippen molar-refractivity contribution >= 4 is 40.4 Å². The second kappa shape index (κ2) is 9.53. The summed E-state index contributed by atoms with van der Waals surface area (Å²) in [6.45, 7) is 18.6. The summed E-state index contributed by atoms with van der Waals surface area (Å²) in [7, 11) is 0. The summed E-state index contributed by atoms with van der Waals surface area (Å²) in [4.78, 5) is 27.0. The number of fused-ring (bicyclic) bond motifs is 7. The highest BCUT2D eigenvalue weighted by Crippen LogP contribution is 2.77. The van der Waals surface area contributed by atoms with E-state index in [0.717, 1.165) is 68.9 Å². The molecule has 0 unspecified atom stereocenters. The van der Waals surface area contributed by atoms with E-state index < -0.39 is 11.4 Å². The van der Waals surface area contributed by atoms with Crippen molar-refractivity contribution in [2.24, 2.45) is 56.7 Å². The lowest BCUT2D eigenvalue weighted by atomic mass is 9.32. The maximum absolute atomic E-state index is 14.1. The Bertz CT molecular complexity index is 1340. The van der Waals surface area contributed by atoms with Crippen molar-refractivity contribution in [1.29, 1.82) is 0 Å². The van der Waals surface area contributed by atoms with E-state index >= 15 is 0 Å². The van der Waals surface area contributed by atoms with Gasteiger partial charge in [-0.15, -0.1) is 0 Å². The van der Waals surface area contributed by atoms with Gasteiger partial charge in [0.15, 0.2) is 5.78 Å². The number of carboxylic acids is 1. The van der Waals surface area contributed by atoms with Crippen LogP contribution in [0.4, 0.5) is 0 Å². The number of hydrogen-bond donors (Lipinski definition) is 1. The Kier molecular flexibility index (Phi) is 6.89. The minimum absolute atomic E-state index is 0.0386. The summed E-state index contributed by atoms with van der Waals surface area (Å²) in [5.74, 6) is 1.58. The molecule has 0 aromatic heterocycles. The fourth-order valence-corrected chi connectivity index (χ4v) is 12.9. The molecule has 1 N–H and O–H groups in total. The van der Waals surface area contributed by atoms with E-state index in [1.165, 1.54) is 9.14 Å². The van der Waals surface area contributed by atoms with Gasteiger partial charge in [0.25, 0.3) is 0 Å². The third-order valence-electron chi connectivity index (χ3n) is 14.3. The van der Waals surface area contributed by atoms with E-state index in [-0.39, 0.29) is 27.6 Å². The normalized spacial score (nSPS) is 45.8. The molecule has 0 radical (unpaired) electrons. The van der Waals surface area contributed by atoms with Crippen LogP contribution in [0.1, 0.15) is 105 Å². The molecule has 0 amide bonds. The van der Waals surface area contributed by atoms with Crippen LogP contribution in [0.15, 0.2) is 42.0 Å². The number of hydrogen-bond acceptors (Lipinski definition) is 2. The van der Waals surface area contributed by atoms with Gasteiger partial charge >= 0.3 is 5.97 Å². The Balaban J connectivity index is 1.42. The van der Waals surface area contributed by atoms with Gasteiger partial charge < -0.3 is 5.11 Å². The van der Waals surface area contributed by atoms with Gasteiger partial charge in [0.2, 0.25) is 0 Å². The third kappa shape index (κ3) is 3.93. The number of ketones is 1. The van der Waals surface area contributed by atoms with E-state index in [4.69, 9.17) is 0 Å². The fraction of sp³-hybridized carbons (Fsp3) is 0.676. The van der Waals surface area contributed by atoms with Crippen molar-refractivity contribution in [3.8, 4) is 0 Å². The molecule has 0 bridgehead atoms. The number of halogens is 1. The van der Waals surface area contributed by atoms with Gasteiger partial charge in [0.1, 0.15) is 0 Å². The van der Waals surface area contributed by atoms with Crippen molar-refractivity contribution in [1.82, 2.24) is 0 Å². The Morgan fingerprint density at radius 1 is 0.976 bits per heavy atom. The molecule has 1 aromatic carbocycles. The second-order valence-corrected chi connectivity index (χ2v) is 17.3. The first-order valence-corrected chi connectivity index (χ1v) is 17.1. The molecular weight excluding hydrogens is 619 g/mol. The van der Waals surface area contributed by atoms with Gasteiger partial charge in [0.05, 0.1) is 5.41 Å². The predicted octanol–water partition coefficient (Wildman–Crippen LogP) is 9.60. The molecule has 3 nitrogen and oxygen atoms in total. The Labute approximate surface area is 261 Å². The number of Topliss-reactive ketones (excluding diaryl/α,β-unsaturated/α-hetero) is 1. The van der Waals surface area contributed by atoms with Crippen LogP contribution < -0.4 is 0 Å². The van der Waals surface area contributed by atoms with Crippen molar-refractivity contribution in [2.45, 2.75) is 99.3 Å². The number of rotatable bonds is 3. The lowest BCUT2D eigenvalue weighted by Crippen LogP contribution is -2.67. The molecule has 5 saturated carbocycles. The van der Waals surface area contributed by atoms with Crippen LogP contribution in [-0.2, 0) is 9.59 Å². The molecule has 5 fully saturated rings. The van der Waals surface area contributed by atoms with Gasteiger partial charge in [-0.2, -0.15) is 0 Å². The molecule has 41 heavy (non-hydrogen) atoms. The van der Waals surface area contributed by atoms with Crippen LogP contribution in [0.25, 0.3) is 6.08 Å². The number of aliphatic carboxylic acids is 1. The zero-order valence-corrected chi connectivity index (χ0v) is 28.1. The van der Waals surface area contributed by atoms with Gasteiger partial charge in [-0.25, -0.2) is 0 Å². The van der Waals surface area contributed by atoms with Gasteiger partial charge in [-0.1, -0.05) is 58.9 Å². The minimum atomic E-state index is -0.583. The van der Waals surface area contributed by atoms with Gasteiger partial charge in [-0.05, 0) is 162 Å². The maximum Gasteiger partial charge on any atom is 0.309 e. The van der Waals surface area contributed by atoms with E-state index in [0.29, 0.717) is 29.5 Å². The van der Waals surface area contributed by atoms with Crippen LogP contribution >= 0.6 is 22.6 Å². The van der Waals surface area contributed by atoms with Crippen LogP contribution in [0.2, 0.25) is 0 Å². The van der Waals surface area contributed by atoms with Crippen LogP contribution in [0.3, 0.4) is 0 Å². The molecule has 4 heteroatoms. The average molecular weight is 669 g/mol. The monoisotopic (exact) mass is 668 g/mol. The summed E-state index contributed by atoms with van der Waals surface area (Å²) in [6, 6.07) is 8.48. The Morgan fingerprint density at radius 3 is 2.37 bits per heavy atom. The highest BCUT2D eigenvalue weighted by molar-refractivity contribution is 14.1. The van der Waals surface area contributed by atoms with Crippen LogP contribution in [0.5, 0.6) is 0 Å². The molecule has 222 valence electrons. The Morgan fingerprint density at radius 2 is 1.71 bits per heavy atom. The first-order valence-electron chi connectivity index (χ1n) is 16.0. The summed E-state index contributed by atoms with van der Waals surface area (Å²) >= 11 is 2.35. The number of carbonyl (C=O) groups is 2. The molecule has 0 heterocycles. The van der Waals surface area contributed by atoms with Crippen molar-refractivity contribution in [3.63, 3.8) is 0 Å². The predicted molar refractivity (Wildman–Crippen MR) is 174 cm³/mol. The molecular formula is C37H49IO3. The zero-order chi connectivity index (χ0) is 29.8. The quantitative estimate of drug-likeness (QED) is 0.198. The van der Waals surface area contributed by atoms with Crippen molar-refractivity contribution in [3.05, 3.63) is 51.1 Å². The highest BCUT2D eigenvalue weighted by Gasteiger charge is 2.72. The maximum atomic E-state index is 14.1. The molecule has 0 spiro atoms. The Hall–Kier alpha value is -1.43. The molecule has 1 aromatic rings. The van der Waals surface area contributed by atoms with Gasteiger partial charge in [-0.3, -0.25) is 9.59 Å². The molecule has 0 saturated heterocycles. The lowest BCUT2D eigenvalue weighted by molar-refractivity contribution is -0.231. The first-order chi connectivity index (χ1) is 19.1. The van der Waals surface area contributed by atoms with E-state index in [1.54, 1.807) is 0 Å². The average Bonchev–Trinajstić information content (AvgIpc) is 3.29. The van der Waals surface area contributed by atoms with E-state index in [2.05, 4.69) is 101 Å². The summed E-state index contributed by atoms with van der Waals surface area (Å²) in [5, 5.41) is 10.6. The minimum Gasteiger partial charge on any atom is -0.481 e. The summed E-state index contributed by atoms with van der Waals surface area (Å²) < 4.78 is 1.19. The SMILES string of the molecule is C=C(C)[C@@H]1CC[C@]2(C(=O)O)CC[C@]3(C)[C@H](CC[C@@H]4[C@@]5(C)C/C(=C/c6cccc(I)c6)C(=O)C(C)(C)[C@@H]5CC[C@]43C)[C@@H]12. The van der Waals surface area contributed by atoms with Crippen LogP contribution in [-0.4, -0.2) is 16.9 Å². The molecule has 6 rings (SSSR count). The molecule has 9 atom stereocenters. The van der Waals surface area contributed by atoms with Gasteiger partial charge in [0, 0.05) is 8.99 Å². The third-order valence-corrected chi connectivity index (χ3v) is 14.9. The van der Waals surface area contributed by atoms with Crippen molar-refractivity contribution < 1.29 is 14.7 Å². The smallest absolute Gasteiger partial charge is 0.309 e. The summed E-state index contributed by atoms with van der Waals surface area (Å²) in [5.41, 5.74) is 2.59. The van der Waals surface area contributed by atoms with Crippen LogP contribution in [0, 0.1) is 60.2 Å². The van der Waals surface area contributed by atoms with Crippen molar-refractivity contribution in [2.75, 3.05) is 0 Å². The standard InChI is InChI=1S/C37H49IO3/c1-22(2)26-13-16-37(32(40)41)18-17-35(6)27(30(26)37)11-12-29-34(5)21-24(19-23-9-8-10-25(38)20-23)31(39)33(3,4)28(34)14-15-36(29,35)7/h8-10,19-20,26-30H,1,11-18,21H2,2-7H3,(H,40,41)/b24-19-/t26-,27+,28-,29+,30+,34-,35+,36+,37-/m0/s1. The largest absolute Gasteiger partial charge is 0.481 e. The second-order valence-electron chi connectivity index (χ2n) is 16.1. The molecule has 0 aliphatic heterocycles.